The molecule has 2 aromatic heterocycles. The van der Waals surface area contributed by atoms with Crippen molar-refractivity contribution in [1.29, 1.82) is 0 Å². The zero-order valence-electron chi connectivity index (χ0n) is 18.5. The molecule has 2 amide bonds. The molecule has 0 aliphatic rings. The summed E-state index contributed by atoms with van der Waals surface area (Å²) in [5.74, 6) is 1.25. The van der Waals surface area contributed by atoms with Gasteiger partial charge in [-0.2, -0.15) is 0 Å². The maximum Gasteiger partial charge on any atom is 0.407 e. The Morgan fingerprint density at radius 2 is 1.86 bits per heavy atom. The molecule has 2 heterocycles. The van der Waals surface area contributed by atoms with Crippen LogP contribution in [0.3, 0.4) is 0 Å². The van der Waals surface area contributed by atoms with E-state index in [1.54, 1.807) is 0 Å². The Balaban J connectivity index is 2.08. The van der Waals surface area contributed by atoms with Gasteiger partial charge in [0.15, 0.2) is 5.82 Å². The number of amides is 2. The highest BCUT2D eigenvalue weighted by Gasteiger charge is 2.23. The molecule has 29 heavy (non-hydrogen) atoms. The zero-order valence-corrected chi connectivity index (χ0v) is 18.5. The lowest BCUT2D eigenvalue weighted by Crippen LogP contribution is -2.48. The van der Waals surface area contributed by atoms with Crippen LogP contribution in [0, 0.1) is 26.7 Å². The Labute approximate surface area is 172 Å². The van der Waals surface area contributed by atoms with Gasteiger partial charge in [0.05, 0.1) is 11.6 Å². The first-order chi connectivity index (χ1) is 13.4. The molecule has 2 N–H and O–H groups in total. The van der Waals surface area contributed by atoms with Crippen molar-refractivity contribution in [2.45, 2.75) is 67.0 Å². The number of carbonyl (C=O) groups excluding carboxylic acids is 2. The minimum Gasteiger partial charge on any atom is -0.444 e. The minimum atomic E-state index is -0.577. The van der Waals surface area contributed by atoms with E-state index in [9.17, 15) is 9.59 Å². The number of rotatable bonds is 6. The van der Waals surface area contributed by atoms with E-state index < -0.39 is 11.7 Å². The number of alkyl carbamates (subject to hydrolysis) is 1. The van der Waals surface area contributed by atoms with Crippen molar-refractivity contribution in [1.82, 2.24) is 20.4 Å². The SMILES string of the molecule is Cc1cc(-n2c(C)cc(C(=O)NCC(NC(=O)OC(C)(C)C)C(C)C)c2C)no1. The van der Waals surface area contributed by atoms with Gasteiger partial charge in [-0.15, -0.1) is 0 Å². The topological polar surface area (TPSA) is 98.4 Å². The van der Waals surface area contributed by atoms with Gasteiger partial charge in [0.1, 0.15) is 11.4 Å². The van der Waals surface area contributed by atoms with E-state index in [0.717, 1.165) is 11.4 Å². The molecule has 0 aliphatic heterocycles. The van der Waals surface area contributed by atoms with Crippen LogP contribution in [0.4, 0.5) is 4.79 Å². The van der Waals surface area contributed by atoms with Gasteiger partial charge in [-0.25, -0.2) is 4.79 Å². The summed E-state index contributed by atoms with van der Waals surface area (Å²) in [6.45, 7) is 15.3. The van der Waals surface area contributed by atoms with Crippen LogP contribution < -0.4 is 10.6 Å². The molecule has 0 radical (unpaired) electrons. The molecule has 0 saturated carbocycles. The number of aromatic nitrogens is 2. The normalized spacial score (nSPS) is 12.7. The molecule has 2 rings (SSSR count). The molecule has 0 aliphatic carbocycles. The Bertz CT molecular complexity index is 874. The van der Waals surface area contributed by atoms with Crippen molar-refractivity contribution in [2.24, 2.45) is 5.92 Å². The number of hydrogen-bond donors (Lipinski definition) is 2. The van der Waals surface area contributed by atoms with E-state index in [1.807, 2.05) is 72.1 Å². The van der Waals surface area contributed by atoms with E-state index in [-0.39, 0.29) is 17.9 Å². The van der Waals surface area contributed by atoms with E-state index >= 15 is 0 Å². The first-order valence-corrected chi connectivity index (χ1v) is 9.79. The highest BCUT2D eigenvalue weighted by atomic mass is 16.6. The van der Waals surface area contributed by atoms with Crippen LogP contribution in [0.5, 0.6) is 0 Å². The lowest BCUT2D eigenvalue weighted by atomic mass is 10.0. The second-order valence-electron chi connectivity index (χ2n) is 8.62. The molecule has 160 valence electrons. The monoisotopic (exact) mass is 404 g/mol. The Kier molecular flexibility index (Phi) is 6.77. The second-order valence-corrected chi connectivity index (χ2v) is 8.62. The van der Waals surface area contributed by atoms with Crippen molar-refractivity contribution < 1.29 is 18.8 Å². The second kappa shape index (κ2) is 8.71. The van der Waals surface area contributed by atoms with Gasteiger partial charge in [-0.05, 0) is 53.5 Å². The summed E-state index contributed by atoms with van der Waals surface area (Å²) in [5.41, 5.74) is 1.64. The highest BCUT2D eigenvalue weighted by Crippen LogP contribution is 2.20. The fourth-order valence-corrected chi connectivity index (χ4v) is 3.01. The quantitative estimate of drug-likeness (QED) is 0.765. The van der Waals surface area contributed by atoms with Crippen LogP contribution >= 0.6 is 0 Å². The number of nitrogens with one attached hydrogen (secondary N) is 2. The number of ether oxygens (including phenoxy) is 1. The first-order valence-electron chi connectivity index (χ1n) is 9.79. The summed E-state index contributed by atoms with van der Waals surface area (Å²) in [7, 11) is 0. The minimum absolute atomic E-state index is 0.119. The maximum atomic E-state index is 12.8. The van der Waals surface area contributed by atoms with Crippen molar-refractivity contribution in [3.63, 3.8) is 0 Å². The lowest BCUT2D eigenvalue weighted by molar-refractivity contribution is 0.0487. The van der Waals surface area contributed by atoms with Crippen molar-refractivity contribution >= 4 is 12.0 Å². The number of nitrogens with zero attached hydrogens (tertiary/aromatic N) is 2. The van der Waals surface area contributed by atoms with Crippen molar-refractivity contribution in [3.8, 4) is 5.82 Å². The summed E-state index contributed by atoms with van der Waals surface area (Å²) in [5, 5.41) is 9.79. The fourth-order valence-electron chi connectivity index (χ4n) is 3.01. The molecule has 8 heteroatoms. The van der Waals surface area contributed by atoms with Gasteiger partial charge < -0.3 is 19.9 Å². The standard InChI is InChI=1S/C21H32N4O4/c1-12(2)17(23-20(27)28-21(6,7)8)11-22-19(26)16-9-13(3)25(15(16)5)18-10-14(4)29-24-18/h9-10,12,17H,11H2,1-8H3,(H,22,26)(H,23,27). The lowest BCUT2D eigenvalue weighted by Gasteiger charge is -2.26. The van der Waals surface area contributed by atoms with Crippen LogP contribution in [0.2, 0.25) is 0 Å². The summed E-state index contributed by atoms with van der Waals surface area (Å²) in [6, 6.07) is 3.39. The molecule has 1 atom stereocenters. The molecule has 0 fully saturated rings. The van der Waals surface area contributed by atoms with E-state index in [4.69, 9.17) is 9.26 Å². The Morgan fingerprint density at radius 1 is 1.21 bits per heavy atom. The third kappa shape index (κ3) is 5.85. The summed E-state index contributed by atoms with van der Waals surface area (Å²) < 4.78 is 12.3. The zero-order chi connectivity index (χ0) is 21.9. The molecule has 1 unspecified atom stereocenters. The average molecular weight is 405 g/mol. The van der Waals surface area contributed by atoms with Gasteiger partial charge in [-0.1, -0.05) is 19.0 Å². The molecule has 8 nitrogen and oxygen atoms in total. The summed E-state index contributed by atoms with van der Waals surface area (Å²) in [6.07, 6.45) is -0.495. The Hall–Kier alpha value is -2.77. The summed E-state index contributed by atoms with van der Waals surface area (Å²) >= 11 is 0. The van der Waals surface area contributed by atoms with Crippen molar-refractivity contribution in [2.75, 3.05) is 6.54 Å². The molecule has 0 spiro atoms. The van der Waals surface area contributed by atoms with Gasteiger partial charge >= 0.3 is 6.09 Å². The third-order valence-corrected chi connectivity index (χ3v) is 4.51. The van der Waals surface area contributed by atoms with Crippen LogP contribution in [0.15, 0.2) is 16.7 Å². The van der Waals surface area contributed by atoms with Gasteiger partial charge in [0.2, 0.25) is 0 Å². The van der Waals surface area contributed by atoms with Crippen LogP contribution in [0.25, 0.3) is 5.82 Å². The largest absolute Gasteiger partial charge is 0.444 e. The predicted molar refractivity (Wildman–Crippen MR) is 110 cm³/mol. The van der Waals surface area contributed by atoms with E-state index in [0.29, 0.717) is 23.7 Å². The molecular formula is C21H32N4O4. The van der Waals surface area contributed by atoms with Crippen LogP contribution in [0.1, 0.15) is 62.1 Å². The van der Waals surface area contributed by atoms with Crippen LogP contribution in [-0.4, -0.2) is 39.9 Å². The van der Waals surface area contributed by atoms with Crippen molar-refractivity contribution in [3.05, 3.63) is 34.8 Å². The average Bonchev–Trinajstić information content (AvgIpc) is 3.12. The van der Waals surface area contributed by atoms with Gasteiger partial charge in [-0.3, -0.25) is 9.36 Å². The van der Waals surface area contributed by atoms with E-state index in [1.165, 1.54) is 0 Å². The van der Waals surface area contributed by atoms with E-state index in [2.05, 4.69) is 15.8 Å². The summed E-state index contributed by atoms with van der Waals surface area (Å²) in [4.78, 5) is 24.9. The van der Waals surface area contributed by atoms with Gasteiger partial charge in [0.25, 0.3) is 5.91 Å². The molecular weight excluding hydrogens is 372 g/mol. The number of aryl methyl sites for hydroxylation is 2. The fraction of sp³-hybridized carbons (Fsp3) is 0.571. The van der Waals surface area contributed by atoms with Gasteiger partial charge in [0, 0.05) is 24.0 Å². The predicted octanol–water partition coefficient (Wildman–Crippen LogP) is 3.67. The number of carbonyl (C=O) groups is 2. The van der Waals surface area contributed by atoms with Crippen LogP contribution in [-0.2, 0) is 4.74 Å². The third-order valence-electron chi connectivity index (χ3n) is 4.51. The molecule has 0 bridgehead atoms. The highest BCUT2D eigenvalue weighted by molar-refractivity contribution is 5.96. The maximum absolute atomic E-state index is 12.8. The molecule has 0 aromatic carbocycles. The Morgan fingerprint density at radius 3 is 2.38 bits per heavy atom. The molecule has 0 saturated heterocycles. The first kappa shape index (κ1) is 22.5. The smallest absolute Gasteiger partial charge is 0.407 e. The molecule has 2 aromatic rings. The number of hydrogen-bond acceptors (Lipinski definition) is 5.